The SMILES string of the molecule is Cl.NC(CNC(=O)Cc1cccc(Br)c1)C1CC1. The number of carbonyl (C=O) groups excluding carboxylic acids is 1. The number of rotatable bonds is 5. The Hall–Kier alpha value is -0.580. The number of nitrogens with one attached hydrogen (secondary N) is 1. The fourth-order valence-corrected chi connectivity index (χ4v) is 2.26. The Morgan fingerprint density at radius 3 is 2.83 bits per heavy atom. The van der Waals surface area contributed by atoms with Crippen LogP contribution in [0.5, 0.6) is 0 Å². The van der Waals surface area contributed by atoms with E-state index in [4.69, 9.17) is 5.73 Å². The second kappa shape index (κ2) is 7.12. The van der Waals surface area contributed by atoms with Crippen molar-refractivity contribution in [2.75, 3.05) is 6.54 Å². The lowest BCUT2D eigenvalue weighted by molar-refractivity contribution is -0.120. The second-order valence-corrected chi connectivity index (χ2v) is 5.53. The summed E-state index contributed by atoms with van der Waals surface area (Å²) in [7, 11) is 0. The van der Waals surface area contributed by atoms with Crippen LogP contribution in [0, 0.1) is 5.92 Å². The van der Waals surface area contributed by atoms with Gasteiger partial charge < -0.3 is 11.1 Å². The maximum absolute atomic E-state index is 11.7. The first-order valence-corrected chi connectivity index (χ1v) is 6.71. The van der Waals surface area contributed by atoms with E-state index in [1.165, 1.54) is 12.8 Å². The summed E-state index contributed by atoms with van der Waals surface area (Å²) in [4.78, 5) is 11.7. The fraction of sp³-hybridized carbons (Fsp3) is 0.462. The van der Waals surface area contributed by atoms with Gasteiger partial charge in [0, 0.05) is 17.1 Å². The summed E-state index contributed by atoms with van der Waals surface area (Å²) in [5.41, 5.74) is 6.93. The summed E-state index contributed by atoms with van der Waals surface area (Å²) >= 11 is 3.39. The minimum Gasteiger partial charge on any atom is -0.354 e. The minimum absolute atomic E-state index is 0. The van der Waals surface area contributed by atoms with E-state index in [9.17, 15) is 4.79 Å². The molecule has 2 rings (SSSR count). The lowest BCUT2D eigenvalue weighted by Gasteiger charge is -2.11. The molecule has 1 unspecified atom stereocenters. The van der Waals surface area contributed by atoms with Gasteiger partial charge in [-0.2, -0.15) is 0 Å². The predicted molar refractivity (Wildman–Crippen MR) is 78.8 cm³/mol. The Morgan fingerprint density at radius 1 is 1.50 bits per heavy atom. The Morgan fingerprint density at radius 2 is 2.22 bits per heavy atom. The third-order valence-corrected chi connectivity index (χ3v) is 3.51. The van der Waals surface area contributed by atoms with Gasteiger partial charge in [0.2, 0.25) is 5.91 Å². The molecule has 1 atom stereocenters. The van der Waals surface area contributed by atoms with Gasteiger partial charge in [0.25, 0.3) is 0 Å². The van der Waals surface area contributed by atoms with Gasteiger partial charge in [0.05, 0.1) is 6.42 Å². The van der Waals surface area contributed by atoms with E-state index in [2.05, 4.69) is 21.2 Å². The zero-order valence-electron chi connectivity index (χ0n) is 10.1. The molecule has 3 nitrogen and oxygen atoms in total. The van der Waals surface area contributed by atoms with Crippen LogP contribution in [0.2, 0.25) is 0 Å². The number of halogens is 2. The maximum atomic E-state index is 11.7. The number of nitrogens with two attached hydrogens (primary N) is 1. The van der Waals surface area contributed by atoms with E-state index in [1.807, 2.05) is 24.3 Å². The van der Waals surface area contributed by atoms with Crippen molar-refractivity contribution in [3.8, 4) is 0 Å². The molecule has 0 spiro atoms. The van der Waals surface area contributed by atoms with Gasteiger partial charge in [-0.3, -0.25) is 4.79 Å². The van der Waals surface area contributed by atoms with Crippen LogP contribution in [0.15, 0.2) is 28.7 Å². The average Bonchev–Trinajstić information content (AvgIpc) is 3.09. The molecule has 1 aliphatic carbocycles. The van der Waals surface area contributed by atoms with E-state index in [0.717, 1.165) is 10.0 Å². The van der Waals surface area contributed by atoms with Gasteiger partial charge in [-0.05, 0) is 36.5 Å². The van der Waals surface area contributed by atoms with Crippen molar-refractivity contribution in [1.82, 2.24) is 5.32 Å². The Kier molecular flexibility index (Phi) is 6.12. The van der Waals surface area contributed by atoms with Crippen LogP contribution in [0.3, 0.4) is 0 Å². The van der Waals surface area contributed by atoms with Crippen molar-refractivity contribution in [2.24, 2.45) is 11.7 Å². The molecule has 1 amide bonds. The van der Waals surface area contributed by atoms with Crippen LogP contribution in [0.25, 0.3) is 0 Å². The van der Waals surface area contributed by atoms with Gasteiger partial charge in [-0.1, -0.05) is 28.1 Å². The summed E-state index contributed by atoms with van der Waals surface area (Å²) in [5.74, 6) is 0.667. The molecule has 0 bridgehead atoms. The Balaban J connectivity index is 0.00000162. The standard InChI is InChI=1S/C13H17BrN2O.ClH/c14-11-3-1-2-9(6-11)7-13(17)16-8-12(15)10-4-5-10;/h1-3,6,10,12H,4-5,7-8,15H2,(H,16,17);1H. The van der Waals surface area contributed by atoms with Crippen molar-refractivity contribution in [3.05, 3.63) is 34.3 Å². The van der Waals surface area contributed by atoms with Crippen molar-refractivity contribution in [2.45, 2.75) is 25.3 Å². The molecule has 3 N–H and O–H groups in total. The monoisotopic (exact) mass is 332 g/mol. The fourth-order valence-electron chi connectivity index (χ4n) is 1.82. The van der Waals surface area contributed by atoms with E-state index in [-0.39, 0.29) is 24.4 Å². The smallest absolute Gasteiger partial charge is 0.224 e. The number of hydrogen-bond donors (Lipinski definition) is 2. The molecule has 1 aromatic rings. The molecule has 0 radical (unpaired) electrons. The number of amides is 1. The molecule has 1 aliphatic rings. The first-order valence-electron chi connectivity index (χ1n) is 5.92. The third-order valence-electron chi connectivity index (χ3n) is 3.02. The van der Waals surface area contributed by atoms with Crippen molar-refractivity contribution in [1.29, 1.82) is 0 Å². The third kappa shape index (κ3) is 4.96. The van der Waals surface area contributed by atoms with Gasteiger partial charge in [-0.25, -0.2) is 0 Å². The van der Waals surface area contributed by atoms with E-state index in [1.54, 1.807) is 0 Å². The highest BCUT2D eigenvalue weighted by Crippen LogP contribution is 2.31. The molecule has 1 aromatic carbocycles. The highest BCUT2D eigenvalue weighted by Gasteiger charge is 2.28. The van der Waals surface area contributed by atoms with Crippen LogP contribution in [0.4, 0.5) is 0 Å². The first kappa shape index (κ1) is 15.5. The minimum atomic E-state index is 0. The topological polar surface area (TPSA) is 55.1 Å². The lowest BCUT2D eigenvalue weighted by Crippen LogP contribution is -2.39. The average molecular weight is 334 g/mol. The first-order chi connectivity index (χ1) is 8.15. The van der Waals surface area contributed by atoms with Gasteiger partial charge in [0.15, 0.2) is 0 Å². The molecule has 0 aliphatic heterocycles. The normalized spacial score (nSPS) is 15.7. The predicted octanol–water partition coefficient (Wildman–Crippen LogP) is 2.27. The molecule has 100 valence electrons. The van der Waals surface area contributed by atoms with Crippen LogP contribution in [-0.2, 0) is 11.2 Å². The van der Waals surface area contributed by atoms with Crippen molar-refractivity contribution in [3.63, 3.8) is 0 Å². The molecular formula is C13H18BrClN2O. The van der Waals surface area contributed by atoms with E-state index < -0.39 is 0 Å². The van der Waals surface area contributed by atoms with Crippen LogP contribution < -0.4 is 11.1 Å². The highest BCUT2D eigenvalue weighted by atomic mass is 79.9. The Labute approximate surface area is 122 Å². The lowest BCUT2D eigenvalue weighted by atomic mass is 10.1. The summed E-state index contributed by atoms with van der Waals surface area (Å²) in [6, 6.07) is 7.92. The molecular weight excluding hydrogens is 316 g/mol. The summed E-state index contributed by atoms with van der Waals surface area (Å²) in [6.45, 7) is 0.595. The maximum Gasteiger partial charge on any atom is 0.224 e. The van der Waals surface area contributed by atoms with Crippen LogP contribution >= 0.6 is 28.3 Å². The largest absolute Gasteiger partial charge is 0.354 e. The highest BCUT2D eigenvalue weighted by molar-refractivity contribution is 9.10. The quantitative estimate of drug-likeness (QED) is 0.868. The summed E-state index contributed by atoms with van der Waals surface area (Å²) < 4.78 is 0.998. The Bertz CT molecular complexity index is 410. The zero-order valence-corrected chi connectivity index (χ0v) is 12.5. The van der Waals surface area contributed by atoms with Crippen LogP contribution in [-0.4, -0.2) is 18.5 Å². The number of benzene rings is 1. The van der Waals surface area contributed by atoms with Gasteiger partial charge in [0.1, 0.15) is 0 Å². The molecule has 0 aromatic heterocycles. The van der Waals surface area contributed by atoms with E-state index in [0.29, 0.717) is 18.9 Å². The molecule has 0 heterocycles. The van der Waals surface area contributed by atoms with Crippen molar-refractivity contribution < 1.29 is 4.79 Å². The summed E-state index contributed by atoms with van der Waals surface area (Å²) in [6.07, 6.45) is 2.84. The van der Waals surface area contributed by atoms with Crippen LogP contribution in [0.1, 0.15) is 18.4 Å². The zero-order chi connectivity index (χ0) is 12.3. The molecule has 1 saturated carbocycles. The van der Waals surface area contributed by atoms with Gasteiger partial charge >= 0.3 is 0 Å². The van der Waals surface area contributed by atoms with E-state index >= 15 is 0 Å². The van der Waals surface area contributed by atoms with Crippen molar-refractivity contribution >= 4 is 34.2 Å². The number of hydrogen-bond acceptors (Lipinski definition) is 2. The molecule has 0 saturated heterocycles. The molecule has 5 heteroatoms. The summed E-state index contributed by atoms with van der Waals surface area (Å²) in [5, 5.41) is 2.89. The molecule has 1 fully saturated rings. The second-order valence-electron chi connectivity index (χ2n) is 4.61. The molecule has 18 heavy (non-hydrogen) atoms. The number of carbonyl (C=O) groups is 1. The van der Waals surface area contributed by atoms with Gasteiger partial charge in [-0.15, -0.1) is 12.4 Å².